The standard InChI is InChI=1S/C19H20O5/c1-14(19(21)15-6-4-3-5-7-15)24-18(20)12-13-23-17-10-8-16(22-2)9-11-17/h3-11,14H,12-13H2,1-2H3. The Morgan fingerprint density at radius 2 is 1.58 bits per heavy atom. The fourth-order valence-electron chi connectivity index (χ4n) is 2.07. The van der Waals surface area contributed by atoms with Gasteiger partial charge in [0.15, 0.2) is 6.10 Å². The Bertz CT molecular complexity index is 664. The van der Waals surface area contributed by atoms with Crippen LogP contribution in [0.3, 0.4) is 0 Å². The summed E-state index contributed by atoms with van der Waals surface area (Å²) in [6.45, 7) is 1.75. The third-order valence-electron chi connectivity index (χ3n) is 3.37. The largest absolute Gasteiger partial charge is 0.497 e. The van der Waals surface area contributed by atoms with Crippen LogP contribution in [0.1, 0.15) is 23.7 Å². The van der Waals surface area contributed by atoms with Crippen molar-refractivity contribution in [3.8, 4) is 11.5 Å². The molecule has 0 amide bonds. The molecule has 126 valence electrons. The summed E-state index contributed by atoms with van der Waals surface area (Å²) < 4.78 is 15.7. The van der Waals surface area contributed by atoms with Gasteiger partial charge in [-0.2, -0.15) is 0 Å². The minimum atomic E-state index is -0.819. The van der Waals surface area contributed by atoms with Crippen molar-refractivity contribution in [1.82, 2.24) is 0 Å². The SMILES string of the molecule is COc1ccc(OCCC(=O)OC(C)C(=O)c2ccccc2)cc1. The van der Waals surface area contributed by atoms with Crippen molar-refractivity contribution in [2.24, 2.45) is 0 Å². The maximum atomic E-state index is 12.1. The summed E-state index contributed by atoms with van der Waals surface area (Å²) >= 11 is 0. The van der Waals surface area contributed by atoms with Crippen molar-refractivity contribution >= 4 is 11.8 Å². The number of ether oxygens (including phenoxy) is 3. The topological polar surface area (TPSA) is 61.8 Å². The first-order valence-corrected chi connectivity index (χ1v) is 7.65. The first-order valence-electron chi connectivity index (χ1n) is 7.65. The smallest absolute Gasteiger partial charge is 0.309 e. The van der Waals surface area contributed by atoms with Crippen LogP contribution in [0.5, 0.6) is 11.5 Å². The molecule has 2 aromatic rings. The summed E-state index contributed by atoms with van der Waals surface area (Å²) in [7, 11) is 1.59. The van der Waals surface area contributed by atoms with Crippen molar-refractivity contribution in [3.05, 3.63) is 60.2 Å². The third-order valence-corrected chi connectivity index (χ3v) is 3.37. The zero-order valence-corrected chi connectivity index (χ0v) is 13.7. The Hall–Kier alpha value is -2.82. The molecule has 0 saturated heterocycles. The summed E-state index contributed by atoms with van der Waals surface area (Å²) in [4.78, 5) is 23.9. The van der Waals surface area contributed by atoms with Gasteiger partial charge in [0.25, 0.3) is 0 Å². The van der Waals surface area contributed by atoms with E-state index in [9.17, 15) is 9.59 Å². The average molecular weight is 328 g/mol. The number of methoxy groups -OCH3 is 1. The molecule has 24 heavy (non-hydrogen) atoms. The lowest BCUT2D eigenvalue weighted by Crippen LogP contribution is -2.25. The van der Waals surface area contributed by atoms with E-state index in [-0.39, 0.29) is 18.8 Å². The number of esters is 1. The lowest BCUT2D eigenvalue weighted by Gasteiger charge is -2.12. The van der Waals surface area contributed by atoms with Gasteiger partial charge in [-0.3, -0.25) is 9.59 Å². The Morgan fingerprint density at radius 3 is 2.21 bits per heavy atom. The monoisotopic (exact) mass is 328 g/mol. The number of rotatable bonds is 8. The van der Waals surface area contributed by atoms with E-state index < -0.39 is 12.1 Å². The first kappa shape index (κ1) is 17.5. The number of carbonyl (C=O) groups is 2. The maximum absolute atomic E-state index is 12.1. The molecule has 0 bridgehead atoms. The van der Waals surface area contributed by atoms with Gasteiger partial charge in [-0.1, -0.05) is 30.3 Å². The second-order valence-electron chi connectivity index (χ2n) is 5.14. The van der Waals surface area contributed by atoms with Crippen LogP contribution in [0.2, 0.25) is 0 Å². The van der Waals surface area contributed by atoms with Crippen LogP contribution in [0, 0.1) is 0 Å². The quantitative estimate of drug-likeness (QED) is 0.550. The summed E-state index contributed by atoms with van der Waals surface area (Å²) in [6.07, 6.45) is -0.751. The number of carbonyl (C=O) groups excluding carboxylic acids is 2. The summed E-state index contributed by atoms with van der Waals surface area (Å²) in [5.74, 6) is 0.673. The van der Waals surface area contributed by atoms with E-state index in [1.807, 2.05) is 6.07 Å². The van der Waals surface area contributed by atoms with Crippen LogP contribution >= 0.6 is 0 Å². The van der Waals surface area contributed by atoms with Crippen molar-refractivity contribution in [2.75, 3.05) is 13.7 Å². The Labute approximate surface area is 141 Å². The van der Waals surface area contributed by atoms with Gasteiger partial charge in [-0.15, -0.1) is 0 Å². The van der Waals surface area contributed by atoms with Crippen LogP contribution in [0.25, 0.3) is 0 Å². The number of hydrogen-bond donors (Lipinski definition) is 0. The van der Waals surface area contributed by atoms with E-state index in [1.165, 1.54) is 0 Å². The van der Waals surface area contributed by atoms with Crippen LogP contribution < -0.4 is 9.47 Å². The van der Waals surface area contributed by atoms with Gasteiger partial charge < -0.3 is 14.2 Å². The Kier molecular flexibility index (Phi) is 6.37. The van der Waals surface area contributed by atoms with Crippen molar-refractivity contribution in [1.29, 1.82) is 0 Å². The molecule has 0 heterocycles. The lowest BCUT2D eigenvalue weighted by molar-refractivity contribution is -0.146. The molecule has 0 radical (unpaired) electrons. The van der Waals surface area contributed by atoms with Gasteiger partial charge in [0.2, 0.25) is 5.78 Å². The lowest BCUT2D eigenvalue weighted by atomic mass is 10.1. The molecule has 0 aliphatic carbocycles. The second-order valence-corrected chi connectivity index (χ2v) is 5.14. The molecule has 5 nitrogen and oxygen atoms in total. The molecule has 0 aliphatic heterocycles. The fourth-order valence-corrected chi connectivity index (χ4v) is 2.07. The predicted octanol–water partition coefficient (Wildman–Crippen LogP) is 3.28. The van der Waals surface area contributed by atoms with Gasteiger partial charge >= 0.3 is 5.97 Å². The highest BCUT2D eigenvalue weighted by Crippen LogP contribution is 2.17. The molecule has 0 N–H and O–H groups in total. The third kappa shape index (κ3) is 5.12. The normalized spacial score (nSPS) is 11.4. The fraction of sp³-hybridized carbons (Fsp3) is 0.263. The molecule has 1 atom stereocenters. The minimum Gasteiger partial charge on any atom is -0.497 e. The van der Waals surface area contributed by atoms with E-state index in [0.29, 0.717) is 11.3 Å². The Balaban J connectivity index is 1.75. The average Bonchev–Trinajstić information content (AvgIpc) is 2.62. The molecule has 5 heteroatoms. The zero-order chi connectivity index (χ0) is 17.4. The molecule has 1 unspecified atom stereocenters. The van der Waals surface area contributed by atoms with Crippen LogP contribution in [0.15, 0.2) is 54.6 Å². The molecule has 0 fully saturated rings. The van der Waals surface area contributed by atoms with Gasteiger partial charge in [0.1, 0.15) is 11.5 Å². The van der Waals surface area contributed by atoms with E-state index in [4.69, 9.17) is 14.2 Å². The summed E-state index contributed by atoms with van der Waals surface area (Å²) in [6, 6.07) is 15.8. The summed E-state index contributed by atoms with van der Waals surface area (Å²) in [5, 5.41) is 0. The zero-order valence-electron chi connectivity index (χ0n) is 13.7. The molecule has 0 saturated carbocycles. The van der Waals surface area contributed by atoms with E-state index in [0.717, 1.165) is 5.75 Å². The minimum absolute atomic E-state index is 0.0679. The van der Waals surface area contributed by atoms with Crippen LogP contribution in [0.4, 0.5) is 0 Å². The number of ketones is 1. The highest BCUT2D eigenvalue weighted by Gasteiger charge is 2.19. The molecule has 2 rings (SSSR count). The van der Waals surface area contributed by atoms with E-state index in [2.05, 4.69) is 0 Å². The number of benzene rings is 2. The molecular formula is C19H20O5. The molecule has 0 aromatic heterocycles. The maximum Gasteiger partial charge on any atom is 0.309 e. The Morgan fingerprint density at radius 1 is 0.958 bits per heavy atom. The van der Waals surface area contributed by atoms with E-state index in [1.54, 1.807) is 62.6 Å². The van der Waals surface area contributed by atoms with Crippen molar-refractivity contribution in [2.45, 2.75) is 19.4 Å². The summed E-state index contributed by atoms with van der Waals surface area (Å²) in [5.41, 5.74) is 0.521. The van der Waals surface area contributed by atoms with Gasteiger partial charge in [-0.25, -0.2) is 0 Å². The predicted molar refractivity (Wildman–Crippen MR) is 89.4 cm³/mol. The number of Topliss-reactive ketones (excluding diaryl/α,β-unsaturated/α-hetero) is 1. The molecule has 2 aromatic carbocycles. The molecule has 0 spiro atoms. The molecule has 0 aliphatic rings. The highest BCUT2D eigenvalue weighted by atomic mass is 16.5. The van der Waals surface area contributed by atoms with Crippen molar-refractivity contribution in [3.63, 3.8) is 0 Å². The highest BCUT2D eigenvalue weighted by molar-refractivity contribution is 6.00. The van der Waals surface area contributed by atoms with Gasteiger partial charge in [0.05, 0.1) is 20.1 Å². The van der Waals surface area contributed by atoms with Gasteiger partial charge in [0, 0.05) is 5.56 Å². The molecular weight excluding hydrogens is 308 g/mol. The van der Waals surface area contributed by atoms with E-state index >= 15 is 0 Å². The van der Waals surface area contributed by atoms with Crippen LogP contribution in [-0.2, 0) is 9.53 Å². The number of hydrogen-bond acceptors (Lipinski definition) is 5. The van der Waals surface area contributed by atoms with Gasteiger partial charge in [-0.05, 0) is 31.2 Å². The second kappa shape index (κ2) is 8.72. The van der Waals surface area contributed by atoms with Crippen molar-refractivity contribution < 1.29 is 23.8 Å². The first-order chi connectivity index (χ1) is 11.6. The van der Waals surface area contributed by atoms with Crippen LogP contribution in [-0.4, -0.2) is 31.6 Å².